The van der Waals surface area contributed by atoms with Crippen LogP contribution in [0.1, 0.15) is 12.8 Å². The Morgan fingerprint density at radius 1 is 1.50 bits per heavy atom. The highest BCUT2D eigenvalue weighted by atomic mass is 19.1. The number of aliphatic carboxylic acids is 1. The molecule has 0 unspecified atom stereocenters. The molecule has 1 aliphatic heterocycles. The van der Waals surface area contributed by atoms with Gasteiger partial charge in [0.25, 0.3) is 0 Å². The topological polar surface area (TPSA) is 49.3 Å². The summed E-state index contributed by atoms with van der Waals surface area (Å²) >= 11 is 0. The lowest BCUT2D eigenvalue weighted by atomic mass is 10.4. The van der Waals surface area contributed by atoms with Crippen molar-refractivity contribution in [2.75, 3.05) is 19.8 Å². The molecule has 0 aromatic heterocycles. The third-order valence-corrected chi connectivity index (χ3v) is 1.07. The lowest BCUT2D eigenvalue weighted by Crippen LogP contribution is -2.03. The van der Waals surface area contributed by atoms with Crippen LogP contribution in [-0.4, -0.2) is 30.8 Å². The van der Waals surface area contributed by atoms with E-state index in [9.17, 15) is 4.39 Å². The lowest BCUT2D eigenvalue weighted by Gasteiger charge is -1.76. The van der Waals surface area contributed by atoms with Crippen molar-refractivity contribution in [2.45, 2.75) is 12.8 Å². The van der Waals surface area contributed by atoms with Gasteiger partial charge in [0.15, 0.2) is 6.67 Å². The van der Waals surface area contributed by atoms with Crippen LogP contribution >= 0.6 is 0 Å². The van der Waals surface area contributed by atoms with Crippen LogP contribution in [-0.2, 0) is 4.79 Å². The molecule has 10 heavy (non-hydrogen) atoms. The van der Waals surface area contributed by atoms with E-state index in [-0.39, 0.29) is 0 Å². The van der Waals surface area contributed by atoms with Gasteiger partial charge in [-0.05, 0) is 25.9 Å². The third kappa shape index (κ3) is 7.36. The zero-order valence-corrected chi connectivity index (χ0v) is 5.77. The van der Waals surface area contributed by atoms with Crippen molar-refractivity contribution in [1.29, 1.82) is 0 Å². The minimum Gasteiger partial charge on any atom is -0.479 e. The van der Waals surface area contributed by atoms with Gasteiger partial charge in [-0.15, -0.1) is 0 Å². The Hall–Kier alpha value is -0.640. The van der Waals surface area contributed by atoms with Crippen molar-refractivity contribution in [2.24, 2.45) is 0 Å². The van der Waals surface area contributed by atoms with Gasteiger partial charge in [-0.2, -0.15) is 0 Å². The van der Waals surface area contributed by atoms with Gasteiger partial charge < -0.3 is 10.4 Å². The SMILES string of the molecule is C1CCNC1.O=C(O)CF. The smallest absolute Gasteiger partial charge is 0.335 e. The molecule has 0 bridgehead atoms. The fourth-order valence-corrected chi connectivity index (χ4v) is 0.625. The van der Waals surface area contributed by atoms with Crippen molar-refractivity contribution in [1.82, 2.24) is 5.32 Å². The summed E-state index contributed by atoms with van der Waals surface area (Å²) in [6.45, 7) is 1.22. The normalized spacial score (nSPS) is 15.7. The van der Waals surface area contributed by atoms with E-state index in [4.69, 9.17) is 9.90 Å². The molecule has 3 nitrogen and oxygen atoms in total. The maximum Gasteiger partial charge on any atom is 0.335 e. The summed E-state index contributed by atoms with van der Waals surface area (Å²) in [5.74, 6) is -1.41. The van der Waals surface area contributed by atoms with Crippen molar-refractivity contribution < 1.29 is 14.3 Å². The van der Waals surface area contributed by atoms with Crippen LogP contribution in [0.15, 0.2) is 0 Å². The molecule has 0 atom stereocenters. The summed E-state index contributed by atoms with van der Waals surface area (Å²) < 4.78 is 10.5. The number of hydrogen-bond acceptors (Lipinski definition) is 2. The Bertz CT molecular complexity index is 86.1. The molecule has 0 amide bonds. The number of carbonyl (C=O) groups is 1. The van der Waals surface area contributed by atoms with E-state index in [1.54, 1.807) is 0 Å². The molecule has 1 heterocycles. The molecule has 0 radical (unpaired) electrons. The first-order chi connectivity index (χ1) is 4.77. The number of carboxylic acid groups (broad SMARTS) is 1. The number of halogens is 1. The van der Waals surface area contributed by atoms with Gasteiger partial charge in [0.1, 0.15) is 0 Å². The number of rotatable bonds is 1. The van der Waals surface area contributed by atoms with E-state index in [0.29, 0.717) is 0 Å². The Labute approximate surface area is 59.2 Å². The van der Waals surface area contributed by atoms with Crippen LogP contribution in [0.4, 0.5) is 4.39 Å². The predicted octanol–water partition coefficient (Wildman–Crippen LogP) is 0.410. The van der Waals surface area contributed by atoms with Crippen molar-refractivity contribution in [3.63, 3.8) is 0 Å². The fraction of sp³-hybridized carbons (Fsp3) is 0.833. The fourth-order valence-electron chi connectivity index (χ4n) is 0.625. The Morgan fingerprint density at radius 3 is 2.00 bits per heavy atom. The highest BCUT2D eigenvalue weighted by molar-refractivity contribution is 5.67. The molecule has 4 heteroatoms. The van der Waals surface area contributed by atoms with E-state index in [1.807, 2.05) is 0 Å². The van der Waals surface area contributed by atoms with Crippen LogP contribution in [0.25, 0.3) is 0 Å². The average molecular weight is 149 g/mol. The summed E-state index contributed by atoms with van der Waals surface area (Å²) in [6.07, 6.45) is 2.78. The first-order valence-corrected chi connectivity index (χ1v) is 3.26. The van der Waals surface area contributed by atoms with E-state index >= 15 is 0 Å². The minimum absolute atomic E-state index is 1.25. The van der Waals surface area contributed by atoms with E-state index in [1.165, 1.54) is 25.9 Å². The van der Waals surface area contributed by atoms with Crippen LogP contribution in [0, 0.1) is 0 Å². The summed E-state index contributed by atoms with van der Waals surface area (Å²) in [7, 11) is 0. The van der Waals surface area contributed by atoms with Crippen molar-refractivity contribution >= 4 is 5.97 Å². The predicted molar refractivity (Wildman–Crippen MR) is 35.7 cm³/mol. The van der Waals surface area contributed by atoms with Gasteiger partial charge in [0.05, 0.1) is 0 Å². The molecule has 0 aromatic carbocycles. The molecule has 0 aliphatic carbocycles. The molecule has 1 saturated heterocycles. The zero-order valence-electron chi connectivity index (χ0n) is 5.77. The van der Waals surface area contributed by atoms with Crippen LogP contribution in [0.3, 0.4) is 0 Å². The number of carboxylic acids is 1. The highest BCUT2D eigenvalue weighted by Gasteiger charge is 1.93. The zero-order chi connectivity index (χ0) is 7.82. The van der Waals surface area contributed by atoms with Gasteiger partial charge in [-0.1, -0.05) is 0 Å². The highest BCUT2D eigenvalue weighted by Crippen LogP contribution is 1.90. The minimum atomic E-state index is -1.41. The van der Waals surface area contributed by atoms with Crippen molar-refractivity contribution in [3.05, 3.63) is 0 Å². The average Bonchev–Trinajstić information content (AvgIpc) is 2.43. The summed E-state index contributed by atoms with van der Waals surface area (Å²) in [5, 5.41) is 10.6. The monoisotopic (exact) mass is 149 g/mol. The largest absolute Gasteiger partial charge is 0.479 e. The first kappa shape index (κ1) is 9.36. The van der Waals surface area contributed by atoms with E-state index in [0.717, 1.165) is 0 Å². The maximum atomic E-state index is 10.5. The lowest BCUT2D eigenvalue weighted by molar-refractivity contribution is -0.137. The summed E-state index contributed by atoms with van der Waals surface area (Å²) in [5.41, 5.74) is 0. The molecular formula is C6H12FNO2. The van der Waals surface area contributed by atoms with Crippen molar-refractivity contribution in [3.8, 4) is 0 Å². The maximum absolute atomic E-state index is 10.5. The Balaban J connectivity index is 0.000000162. The molecular weight excluding hydrogens is 137 g/mol. The summed E-state index contributed by atoms with van der Waals surface area (Å²) in [4.78, 5) is 8.99. The molecule has 0 saturated carbocycles. The number of alkyl halides is 1. The second kappa shape index (κ2) is 6.48. The molecule has 60 valence electrons. The molecule has 0 aromatic rings. The molecule has 1 fully saturated rings. The second-order valence-corrected chi connectivity index (χ2v) is 1.98. The second-order valence-electron chi connectivity index (χ2n) is 1.98. The standard InChI is InChI=1S/C4H9N.C2H3FO2/c1-2-4-5-3-1;3-1-2(4)5/h5H,1-4H2;1H2,(H,4,5). The van der Waals surface area contributed by atoms with Crippen LogP contribution in [0.5, 0.6) is 0 Å². The molecule has 1 aliphatic rings. The summed E-state index contributed by atoms with van der Waals surface area (Å²) in [6, 6.07) is 0. The Morgan fingerprint density at radius 2 is 1.90 bits per heavy atom. The molecule has 0 spiro atoms. The molecule has 2 N–H and O–H groups in total. The number of hydrogen-bond donors (Lipinski definition) is 2. The van der Waals surface area contributed by atoms with Gasteiger partial charge in [0.2, 0.25) is 0 Å². The first-order valence-electron chi connectivity index (χ1n) is 3.26. The number of nitrogens with one attached hydrogen (secondary N) is 1. The van der Waals surface area contributed by atoms with E-state index < -0.39 is 12.6 Å². The Kier molecular flexibility index (Phi) is 6.06. The third-order valence-electron chi connectivity index (χ3n) is 1.07. The van der Waals surface area contributed by atoms with E-state index in [2.05, 4.69) is 5.32 Å². The van der Waals surface area contributed by atoms with Crippen LogP contribution in [0.2, 0.25) is 0 Å². The van der Waals surface area contributed by atoms with Gasteiger partial charge in [0, 0.05) is 0 Å². The van der Waals surface area contributed by atoms with Crippen LogP contribution < -0.4 is 5.32 Å². The quantitative estimate of drug-likeness (QED) is 0.567. The van der Waals surface area contributed by atoms with Gasteiger partial charge in [-0.25, -0.2) is 9.18 Å². The van der Waals surface area contributed by atoms with Gasteiger partial charge >= 0.3 is 5.97 Å². The molecule has 1 rings (SSSR count). The van der Waals surface area contributed by atoms with Gasteiger partial charge in [-0.3, -0.25) is 0 Å².